The number of aliphatic carboxylic acids is 1. The van der Waals surface area contributed by atoms with Gasteiger partial charge in [-0.15, -0.1) is 0 Å². The van der Waals surface area contributed by atoms with Crippen LogP contribution in [0.15, 0.2) is 0 Å². The molecule has 66 valence electrons. The molecule has 0 aliphatic rings. The molecule has 0 aliphatic carbocycles. The number of hydrogen-bond donors (Lipinski definition) is 1. The first-order valence-electron chi connectivity index (χ1n) is 3.83. The first kappa shape index (κ1) is 10.4. The third-order valence-electron chi connectivity index (χ3n) is 1.74. The van der Waals surface area contributed by atoms with Crippen LogP contribution in [0, 0.1) is 11.8 Å². The standard InChI is InChI=1S/C8H16O3/c1-6(2)7(3)4-11-5-8(9)10/h6-7H,4-5H2,1-3H3,(H,9,10)/t7-/m1/s1. The molecule has 0 spiro atoms. The van der Waals surface area contributed by atoms with Crippen LogP contribution in [0.3, 0.4) is 0 Å². The maximum atomic E-state index is 10.0. The number of carbonyl (C=O) groups is 1. The molecule has 3 heteroatoms. The average molecular weight is 160 g/mol. The van der Waals surface area contributed by atoms with E-state index in [2.05, 4.69) is 13.8 Å². The summed E-state index contributed by atoms with van der Waals surface area (Å²) in [6.07, 6.45) is 0. The van der Waals surface area contributed by atoms with Crippen molar-refractivity contribution in [3.63, 3.8) is 0 Å². The maximum Gasteiger partial charge on any atom is 0.329 e. The van der Waals surface area contributed by atoms with E-state index in [-0.39, 0.29) is 6.61 Å². The monoisotopic (exact) mass is 160 g/mol. The van der Waals surface area contributed by atoms with Gasteiger partial charge in [-0.05, 0) is 11.8 Å². The fraction of sp³-hybridized carbons (Fsp3) is 0.875. The summed E-state index contributed by atoms with van der Waals surface area (Å²) in [5.41, 5.74) is 0. The van der Waals surface area contributed by atoms with Crippen LogP contribution in [0.5, 0.6) is 0 Å². The van der Waals surface area contributed by atoms with Gasteiger partial charge in [-0.1, -0.05) is 20.8 Å². The Balaban J connectivity index is 3.31. The van der Waals surface area contributed by atoms with Gasteiger partial charge in [0, 0.05) is 0 Å². The van der Waals surface area contributed by atoms with Gasteiger partial charge in [-0.3, -0.25) is 0 Å². The molecule has 0 saturated heterocycles. The topological polar surface area (TPSA) is 46.5 Å². The van der Waals surface area contributed by atoms with Crippen LogP contribution in [0.2, 0.25) is 0 Å². The zero-order valence-corrected chi connectivity index (χ0v) is 7.33. The molecule has 1 atom stereocenters. The fourth-order valence-electron chi connectivity index (χ4n) is 0.525. The maximum absolute atomic E-state index is 10.0. The minimum Gasteiger partial charge on any atom is -0.480 e. The number of ether oxygens (including phenoxy) is 1. The van der Waals surface area contributed by atoms with Gasteiger partial charge in [-0.2, -0.15) is 0 Å². The molecule has 0 aromatic rings. The highest BCUT2D eigenvalue weighted by Gasteiger charge is 2.07. The molecule has 0 aromatic carbocycles. The van der Waals surface area contributed by atoms with Gasteiger partial charge >= 0.3 is 5.97 Å². The van der Waals surface area contributed by atoms with Crippen LogP contribution >= 0.6 is 0 Å². The van der Waals surface area contributed by atoms with Crippen LogP contribution in [0.25, 0.3) is 0 Å². The van der Waals surface area contributed by atoms with Gasteiger partial charge in [0.2, 0.25) is 0 Å². The van der Waals surface area contributed by atoms with E-state index in [0.29, 0.717) is 18.4 Å². The minimum absolute atomic E-state index is 0.183. The summed E-state index contributed by atoms with van der Waals surface area (Å²) in [7, 11) is 0. The lowest BCUT2D eigenvalue weighted by Gasteiger charge is -2.14. The smallest absolute Gasteiger partial charge is 0.329 e. The second kappa shape index (κ2) is 5.13. The van der Waals surface area contributed by atoms with Gasteiger partial charge in [0.25, 0.3) is 0 Å². The van der Waals surface area contributed by atoms with Crippen molar-refractivity contribution >= 4 is 5.97 Å². The zero-order chi connectivity index (χ0) is 8.85. The van der Waals surface area contributed by atoms with Gasteiger partial charge in [-0.25, -0.2) is 4.79 Å². The summed E-state index contributed by atoms with van der Waals surface area (Å²) in [5, 5.41) is 8.24. The van der Waals surface area contributed by atoms with Gasteiger partial charge in [0.05, 0.1) is 6.61 Å². The molecule has 0 rings (SSSR count). The summed E-state index contributed by atoms with van der Waals surface area (Å²) in [6, 6.07) is 0. The third kappa shape index (κ3) is 5.85. The van der Waals surface area contributed by atoms with Crippen LogP contribution < -0.4 is 0 Å². The van der Waals surface area contributed by atoms with Crippen LogP contribution in [-0.2, 0) is 9.53 Å². The molecule has 0 fully saturated rings. The van der Waals surface area contributed by atoms with Crippen LogP contribution in [-0.4, -0.2) is 24.3 Å². The Bertz CT molecular complexity index is 121. The Morgan fingerprint density at radius 1 is 1.45 bits per heavy atom. The SMILES string of the molecule is CC(C)[C@H](C)COCC(=O)O. The van der Waals surface area contributed by atoms with Crippen molar-refractivity contribution in [2.45, 2.75) is 20.8 Å². The largest absolute Gasteiger partial charge is 0.480 e. The van der Waals surface area contributed by atoms with E-state index in [9.17, 15) is 4.79 Å². The first-order valence-corrected chi connectivity index (χ1v) is 3.83. The molecule has 0 amide bonds. The number of carboxylic acids is 1. The van der Waals surface area contributed by atoms with E-state index < -0.39 is 5.97 Å². The fourth-order valence-corrected chi connectivity index (χ4v) is 0.525. The van der Waals surface area contributed by atoms with Crippen molar-refractivity contribution in [2.24, 2.45) is 11.8 Å². The van der Waals surface area contributed by atoms with Crippen molar-refractivity contribution in [1.82, 2.24) is 0 Å². The summed E-state index contributed by atoms with van der Waals surface area (Å²) in [5.74, 6) is 0.0686. The average Bonchev–Trinajstić information content (AvgIpc) is 1.86. The molecule has 11 heavy (non-hydrogen) atoms. The minimum atomic E-state index is -0.902. The molecule has 0 aromatic heterocycles. The second-order valence-electron chi connectivity index (χ2n) is 3.13. The summed E-state index contributed by atoms with van der Waals surface area (Å²) in [4.78, 5) is 10.0. The van der Waals surface area contributed by atoms with Gasteiger partial charge in [0.1, 0.15) is 6.61 Å². The molecule has 1 N–H and O–H groups in total. The highest BCUT2D eigenvalue weighted by molar-refractivity contribution is 5.67. The Morgan fingerprint density at radius 3 is 2.36 bits per heavy atom. The first-order chi connectivity index (χ1) is 5.04. The van der Waals surface area contributed by atoms with E-state index in [1.54, 1.807) is 0 Å². The molecule has 0 radical (unpaired) electrons. The Labute approximate surface area is 67.4 Å². The van der Waals surface area contributed by atoms with Gasteiger partial charge in [0.15, 0.2) is 0 Å². The molecule has 3 nitrogen and oxygen atoms in total. The van der Waals surface area contributed by atoms with Gasteiger partial charge < -0.3 is 9.84 Å². The number of carboxylic acid groups (broad SMARTS) is 1. The molecule has 0 saturated carbocycles. The highest BCUT2D eigenvalue weighted by atomic mass is 16.5. The Hall–Kier alpha value is -0.570. The third-order valence-corrected chi connectivity index (χ3v) is 1.74. The number of hydrogen-bond acceptors (Lipinski definition) is 2. The molecule has 0 aliphatic heterocycles. The summed E-state index contributed by atoms with van der Waals surface area (Å²) < 4.78 is 4.92. The second-order valence-corrected chi connectivity index (χ2v) is 3.13. The van der Waals surface area contributed by atoms with Crippen LogP contribution in [0.4, 0.5) is 0 Å². The van der Waals surface area contributed by atoms with E-state index in [0.717, 1.165) is 0 Å². The van der Waals surface area contributed by atoms with Crippen molar-refractivity contribution in [2.75, 3.05) is 13.2 Å². The van der Waals surface area contributed by atoms with E-state index >= 15 is 0 Å². The highest BCUT2D eigenvalue weighted by Crippen LogP contribution is 2.08. The zero-order valence-electron chi connectivity index (χ0n) is 7.33. The van der Waals surface area contributed by atoms with Crippen molar-refractivity contribution in [3.05, 3.63) is 0 Å². The predicted octanol–water partition coefficient (Wildman–Crippen LogP) is 1.38. The van der Waals surface area contributed by atoms with E-state index in [4.69, 9.17) is 9.84 Å². The van der Waals surface area contributed by atoms with Crippen molar-refractivity contribution < 1.29 is 14.6 Å². The predicted molar refractivity (Wildman–Crippen MR) is 42.5 cm³/mol. The summed E-state index contributed by atoms with van der Waals surface area (Å²) in [6.45, 7) is 6.58. The van der Waals surface area contributed by atoms with E-state index in [1.165, 1.54) is 0 Å². The lowest BCUT2D eigenvalue weighted by Crippen LogP contribution is -2.15. The molecule has 0 bridgehead atoms. The normalized spacial score (nSPS) is 13.5. The summed E-state index contributed by atoms with van der Waals surface area (Å²) >= 11 is 0. The lowest BCUT2D eigenvalue weighted by molar-refractivity contribution is -0.142. The van der Waals surface area contributed by atoms with Crippen molar-refractivity contribution in [3.8, 4) is 0 Å². The van der Waals surface area contributed by atoms with Crippen LogP contribution in [0.1, 0.15) is 20.8 Å². The molecular formula is C8H16O3. The number of rotatable bonds is 5. The molecular weight excluding hydrogens is 144 g/mol. The quantitative estimate of drug-likeness (QED) is 0.661. The molecule has 0 heterocycles. The Kier molecular flexibility index (Phi) is 4.86. The van der Waals surface area contributed by atoms with E-state index in [1.807, 2.05) is 6.92 Å². The molecule has 0 unspecified atom stereocenters. The van der Waals surface area contributed by atoms with Crippen molar-refractivity contribution in [1.29, 1.82) is 0 Å². The lowest BCUT2D eigenvalue weighted by atomic mass is 9.99. The Morgan fingerprint density at radius 2 is 2.00 bits per heavy atom.